The molecule has 0 spiro atoms. The fourth-order valence-electron chi connectivity index (χ4n) is 10.5. The first kappa shape index (κ1) is 39.8. The first-order valence-corrected chi connectivity index (χ1v) is 22.3. The van der Waals surface area contributed by atoms with Crippen molar-refractivity contribution in [3.05, 3.63) is 215 Å². The molecule has 6 nitrogen and oxygen atoms in total. The highest BCUT2D eigenvalue weighted by Crippen LogP contribution is 2.34. The highest BCUT2D eigenvalue weighted by Gasteiger charge is 2.32. The normalized spacial score (nSPS) is 19.7. The summed E-state index contributed by atoms with van der Waals surface area (Å²) in [6, 6.07) is 46.8. The van der Waals surface area contributed by atoms with Crippen LogP contribution in [0, 0.1) is 20.8 Å². The summed E-state index contributed by atoms with van der Waals surface area (Å²) in [7, 11) is 4.74. The molecule has 3 aliphatic heterocycles. The van der Waals surface area contributed by atoms with Gasteiger partial charge in [-0.05, 0) is 110 Å². The Morgan fingerprint density at radius 3 is 1.18 bits per heavy atom. The van der Waals surface area contributed by atoms with Gasteiger partial charge in [-0.15, -0.1) is 0 Å². The highest BCUT2D eigenvalue weighted by molar-refractivity contribution is 5.84. The second kappa shape index (κ2) is 16.2. The summed E-state index contributed by atoms with van der Waals surface area (Å²) < 4.78 is 1.72. The summed E-state index contributed by atoms with van der Waals surface area (Å²) in [6.45, 7) is 15.5. The Balaban J connectivity index is 0.890. The van der Waals surface area contributed by atoms with E-state index in [0.29, 0.717) is 0 Å². The number of rotatable bonds is 12. The van der Waals surface area contributed by atoms with Crippen molar-refractivity contribution in [1.29, 1.82) is 0 Å². The Morgan fingerprint density at radius 1 is 0.387 bits per heavy atom. The van der Waals surface area contributed by atoms with Crippen LogP contribution in [0.4, 0.5) is 0 Å². The first-order valence-electron chi connectivity index (χ1n) is 22.3. The molecule has 3 aliphatic rings. The lowest BCUT2D eigenvalue weighted by Crippen LogP contribution is -2.40. The van der Waals surface area contributed by atoms with Gasteiger partial charge >= 0.3 is 0 Å². The van der Waals surface area contributed by atoms with Gasteiger partial charge in [-0.2, -0.15) is 0 Å². The summed E-state index contributed by atoms with van der Waals surface area (Å²) in [5.74, 6) is 0. The lowest BCUT2D eigenvalue weighted by Gasteiger charge is -2.32. The number of hydrogen-bond acceptors (Lipinski definition) is 4. The average molecular weight is 817 g/mol. The van der Waals surface area contributed by atoms with E-state index < -0.39 is 0 Å². The van der Waals surface area contributed by atoms with Crippen molar-refractivity contribution in [2.24, 2.45) is 0 Å². The molecule has 3 heterocycles. The van der Waals surface area contributed by atoms with Crippen LogP contribution >= 0.6 is 0 Å². The van der Waals surface area contributed by atoms with Gasteiger partial charge in [0.05, 0.1) is 33.2 Å². The summed E-state index contributed by atoms with van der Waals surface area (Å²) in [5, 5.41) is 7.82. The third kappa shape index (κ3) is 8.21. The van der Waals surface area contributed by atoms with E-state index in [4.69, 9.17) is 0 Å². The molecule has 0 aliphatic carbocycles. The summed E-state index contributed by atoms with van der Waals surface area (Å²) >= 11 is 0. The van der Waals surface area contributed by atoms with E-state index in [-0.39, 0.29) is 0 Å². The van der Waals surface area contributed by atoms with Crippen LogP contribution in [0.5, 0.6) is 0 Å². The van der Waals surface area contributed by atoms with Crippen LogP contribution in [0.15, 0.2) is 165 Å². The van der Waals surface area contributed by atoms with Crippen molar-refractivity contribution in [2.75, 3.05) is 34.1 Å². The van der Waals surface area contributed by atoms with Gasteiger partial charge in [0.25, 0.3) is 0 Å². The topological polar surface area (TPSA) is 13.0 Å². The van der Waals surface area contributed by atoms with Crippen LogP contribution in [0.1, 0.15) is 50.1 Å². The van der Waals surface area contributed by atoms with Crippen LogP contribution in [0.25, 0.3) is 32.3 Å². The molecule has 6 heteroatoms. The summed E-state index contributed by atoms with van der Waals surface area (Å²) in [5.41, 5.74) is 12.8. The zero-order chi connectivity index (χ0) is 42.4. The van der Waals surface area contributed by atoms with E-state index in [1.54, 1.807) is 0 Å². The van der Waals surface area contributed by atoms with Gasteiger partial charge in [0.1, 0.15) is 25.5 Å². The fourth-order valence-corrected chi connectivity index (χ4v) is 10.5. The molecule has 2 unspecified atom stereocenters. The third-order valence-electron chi connectivity index (χ3n) is 13.9. The lowest BCUT2D eigenvalue weighted by molar-refractivity contribution is -0.875. The Labute approximate surface area is 368 Å². The molecule has 0 N–H and O–H groups in total. The lowest BCUT2D eigenvalue weighted by atomic mass is 9.87. The van der Waals surface area contributed by atoms with Gasteiger partial charge in [-0.3, -0.25) is 8.97 Å². The van der Waals surface area contributed by atoms with Crippen LogP contribution in [0.3, 0.4) is 0 Å². The number of hydrogen-bond donors (Lipinski definition) is 0. The standard InChI is InChI=1S/C56H60N6/c1-42-54(34-58-25-24-57(39-58)33-45-18-21-48-12-6-9-15-51(48)30-45)43(2)56(36-60-27-29-62(5,41-60)38-47-20-23-50-14-8-11-17-53(50)32-47)44(3)55(42)35-59-26-28-61(4,40-59)37-46-19-22-49-13-7-10-16-52(49)31-46/h6-32H,33-41H2,1-5H3/q+2. The molecule has 0 saturated heterocycles. The Bertz CT molecular complexity index is 2770. The Hall–Kier alpha value is -6.34. The van der Waals surface area contributed by atoms with Gasteiger partial charge in [0.15, 0.2) is 13.3 Å². The molecular weight excluding hydrogens is 757 g/mol. The van der Waals surface area contributed by atoms with Crippen LogP contribution in [-0.4, -0.2) is 62.7 Å². The largest absolute Gasteiger partial charge is 0.354 e. The quantitative estimate of drug-likeness (QED) is 0.114. The summed E-state index contributed by atoms with van der Waals surface area (Å²) in [4.78, 5) is 10.0. The number of quaternary nitrogens is 2. The van der Waals surface area contributed by atoms with Crippen molar-refractivity contribution in [3.63, 3.8) is 0 Å². The van der Waals surface area contributed by atoms with Crippen LogP contribution in [0.2, 0.25) is 0 Å². The van der Waals surface area contributed by atoms with Gasteiger partial charge in [-0.25, -0.2) is 0 Å². The maximum absolute atomic E-state index is 2.55. The van der Waals surface area contributed by atoms with E-state index in [0.717, 1.165) is 68.2 Å². The van der Waals surface area contributed by atoms with Gasteiger partial charge in [0.2, 0.25) is 0 Å². The van der Waals surface area contributed by atoms with E-state index in [9.17, 15) is 0 Å². The Kier molecular flexibility index (Phi) is 10.4. The fraction of sp³-hybridized carbons (Fsp3) is 0.250. The van der Waals surface area contributed by atoms with Crippen LogP contribution in [-0.2, 0) is 39.3 Å². The van der Waals surface area contributed by atoms with Crippen LogP contribution < -0.4 is 0 Å². The van der Waals surface area contributed by atoms with E-state index in [2.05, 4.69) is 219 Å². The smallest absolute Gasteiger partial charge is 0.158 e. The zero-order valence-corrected chi connectivity index (χ0v) is 37.1. The molecule has 0 fully saturated rings. The molecular formula is C56H60N6+2. The Morgan fingerprint density at radius 2 is 0.742 bits per heavy atom. The van der Waals surface area contributed by atoms with E-state index in [1.807, 2.05) is 0 Å². The zero-order valence-electron chi connectivity index (χ0n) is 37.1. The average Bonchev–Trinajstić information content (AvgIpc) is 3.99. The van der Waals surface area contributed by atoms with Gasteiger partial charge in [0, 0.05) is 49.7 Å². The molecule has 0 amide bonds. The molecule has 0 aromatic heterocycles. The van der Waals surface area contributed by atoms with Gasteiger partial charge in [-0.1, -0.05) is 109 Å². The third-order valence-corrected chi connectivity index (χ3v) is 13.9. The molecule has 2 atom stereocenters. The van der Waals surface area contributed by atoms with Crippen molar-refractivity contribution in [1.82, 2.24) is 19.6 Å². The van der Waals surface area contributed by atoms with Crippen molar-refractivity contribution >= 4 is 32.3 Å². The number of nitrogens with zero attached hydrogens (tertiary/aromatic N) is 6. The van der Waals surface area contributed by atoms with Crippen molar-refractivity contribution in [2.45, 2.75) is 60.0 Å². The second-order valence-electron chi connectivity index (χ2n) is 18.9. The molecule has 0 saturated carbocycles. The minimum Gasteiger partial charge on any atom is -0.354 e. The van der Waals surface area contributed by atoms with Crippen molar-refractivity contribution < 1.29 is 8.97 Å². The minimum atomic E-state index is 0.861. The second-order valence-corrected chi connectivity index (χ2v) is 18.9. The minimum absolute atomic E-state index is 0.861. The highest BCUT2D eigenvalue weighted by atomic mass is 15.5. The number of fused-ring (bicyclic) bond motifs is 3. The molecule has 7 aromatic carbocycles. The molecule has 10 rings (SSSR count). The molecule has 0 bridgehead atoms. The van der Waals surface area contributed by atoms with E-state index in [1.165, 1.54) is 82.4 Å². The molecule has 7 aromatic rings. The predicted octanol–water partition coefficient (Wildman–Crippen LogP) is 11.6. The summed E-state index contributed by atoms with van der Waals surface area (Å²) in [6.07, 6.45) is 14.1. The number of benzene rings is 7. The van der Waals surface area contributed by atoms with Gasteiger partial charge < -0.3 is 19.6 Å². The molecule has 0 radical (unpaired) electrons. The SMILES string of the molecule is Cc1c(CN2C=CN(Cc3ccc4ccccc4c3)C2)c(C)c(CN2C=C[N+](C)(Cc3ccc4ccccc4c3)C2)c(C)c1CN1C=C[N+](C)(Cc2ccc3ccccc3c2)C1. The monoisotopic (exact) mass is 816 g/mol. The van der Waals surface area contributed by atoms with E-state index >= 15 is 0 Å². The molecule has 312 valence electrons. The van der Waals surface area contributed by atoms with Crippen molar-refractivity contribution in [3.8, 4) is 0 Å². The maximum Gasteiger partial charge on any atom is 0.158 e. The molecule has 62 heavy (non-hydrogen) atoms. The maximum atomic E-state index is 2.55. The first-order chi connectivity index (χ1) is 30.1. The predicted molar refractivity (Wildman–Crippen MR) is 256 cm³/mol.